The first-order valence-electron chi connectivity index (χ1n) is 3.54. The number of aliphatic hydroxyl groups excluding tert-OH is 1. The average molecular weight is 192 g/mol. The van der Waals surface area contributed by atoms with Crippen LogP contribution in [0.4, 0.5) is 13.2 Å². The second kappa shape index (κ2) is 3.66. The van der Waals surface area contributed by atoms with Gasteiger partial charge in [-0.05, 0) is 0 Å². The molecule has 72 valence electrons. The molecule has 0 aliphatic heterocycles. The molecule has 0 saturated carbocycles. The number of aromatic hydroxyl groups is 1. The second-order valence-electron chi connectivity index (χ2n) is 2.46. The van der Waals surface area contributed by atoms with E-state index in [1.54, 1.807) is 0 Å². The number of benzene rings is 1. The first kappa shape index (κ1) is 9.85. The lowest BCUT2D eigenvalue weighted by atomic mass is 10.1. The molecule has 0 unspecified atom stereocenters. The number of aliphatic hydroxyl groups is 1. The summed E-state index contributed by atoms with van der Waals surface area (Å²) in [5.74, 6) is -4.89. The minimum absolute atomic E-state index is 0.353. The second-order valence-corrected chi connectivity index (χ2v) is 2.46. The molecular weight excluding hydrogens is 185 g/mol. The van der Waals surface area contributed by atoms with Gasteiger partial charge in [-0.2, -0.15) is 0 Å². The van der Waals surface area contributed by atoms with Gasteiger partial charge in [-0.3, -0.25) is 0 Å². The van der Waals surface area contributed by atoms with E-state index in [9.17, 15) is 13.2 Å². The van der Waals surface area contributed by atoms with E-state index in [0.29, 0.717) is 6.07 Å². The molecule has 0 aliphatic rings. The van der Waals surface area contributed by atoms with Crippen LogP contribution in [-0.4, -0.2) is 16.8 Å². The predicted octanol–water partition coefficient (Wildman–Crippen LogP) is 1.34. The number of phenolic OH excluding ortho intramolecular Hbond substituents is 1. The SMILES string of the molecule is OCCc1c(F)c(O)cc(F)c1F. The number of rotatable bonds is 2. The van der Waals surface area contributed by atoms with Gasteiger partial charge >= 0.3 is 0 Å². The van der Waals surface area contributed by atoms with Crippen LogP contribution in [0.15, 0.2) is 6.07 Å². The summed E-state index contributed by atoms with van der Waals surface area (Å²) in [6, 6.07) is 0.353. The largest absolute Gasteiger partial charge is 0.505 e. The topological polar surface area (TPSA) is 40.5 Å². The number of hydrogen-bond acceptors (Lipinski definition) is 2. The van der Waals surface area contributed by atoms with Crippen molar-refractivity contribution in [1.82, 2.24) is 0 Å². The zero-order valence-corrected chi connectivity index (χ0v) is 6.52. The number of phenols is 1. The van der Waals surface area contributed by atoms with E-state index in [1.165, 1.54) is 0 Å². The molecule has 5 heteroatoms. The zero-order valence-electron chi connectivity index (χ0n) is 6.52. The van der Waals surface area contributed by atoms with Crippen molar-refractivity contribution in [1.29, 1.82) is 0 Å². The molecule has 2 N–H and O–H groups in total. The lowest BCUT2D eigenvalue weighted by Gasteiger charge is -2.05. The summed E-state index contributed by atoms with van der Waals surface area (Å²) in [6.07, 6.45) is -0.372. The molecule has 0 radical (unpaired) electrons. The third-order valence-electron chi connectivity index (χ3n) is 1.59. The molecule has 0 spiro atoms. The fourth-order valence-electron chi connectivity index (χ4n) is 0.973. The molecule has 0 heterocycles. The quantitative estimate of drug-likeness (QED) is 0.694. The lowest BCUT2D eigenvalue weighted by Crippen LogP contribution is -2.02. The Kier molecular flexibility index (Phi) is 2.77. The molecule has 0 aromatic heterocycles. The Morgan fingerprint density at radius 2 is 1.77 bits per heavy atom. The molecule has 13 heavy (non-hydrogen) atoms. The Morgan fingerprint density at radius 1 is 1.15 bits per heavy atom. The summed E-state index contributed by atoms with van der Waals surface area (Å²) in [7, 11) is 0. The van der Waals surface area contributed by atoms with Crippen molar-refractivity contribution in [3.05, 3.63) is 29.1 Å². The Morgan fingerprint density at radius 3 is 2.31 bits per heavy atom. The van der Waals surface area contributed by atoms with Crippen LogP contribution >= 0.6 is 0 Å². The Balaban J connectivity index is 3.28. The summed E-state index contributed by atoms with van der Waals surface area (Å²) in [5.41, 5.74) is -0.639. The smallest absolute Gasteiger partial charge is 0.171 e. The third kappa shape index (κ3) is 1.75. The van der Waals surface area contributed by atoms with Gasteiger partial charge < -0.3 is 10.2 Å². The summed E-state index contributed by atoms with van der Waals surface area (Å²) < 4.78 is 38.2. The molecule has 0 saturated heterocycles. The van der Waals surface area contributed by atoms with Gasteiger partial charge in [0.05, 0.1) is 0 Å². The fraction of sp³-hybridized carbons (Fsp3) is 0.250. The van der Waals surface area contributed by atoms with Crippen LogP contribution in [0, 0.1) is 17.5 Å². The molecule has 0 amide bonds. The Bertz CT molecular complexity index is 299. The first-order valence-corrected chi connectivity index (χ1v) is 3.54. The predicted molar refractivity (Wildman–Crippen MR) is 38.8 cm³/mol. The van der Waals surface area contributed by atoms with Crippen molar-refractivity contribution in [2.75, 3.05) is 6.61 Å². The van der Waals surface area contributed by atoms with Gasteiger partial charge in [-0.1, -0.05) is 0 Å². The highest BCUT2D eigenvalue weighted by atomic mass is 19.2. The summed E-state index contributed by atoms with van der Waals surface area (Å²) in [4.78, 5) is 0. The summed E-state index contributed by atoms with van der Waals surface area (Å²) in [5, 5.41) is 17.2. The van der Waals surface area contributed by atoms with E-state index in [2.05, 4.69) is 0 Å². The van der Waals surface area contributed by atoms with Gasteiger partial charge in [0.15, 0.2) is 23.2 Å². The maximum absolute atomic E-state index is 12.9. The van der Waals surface area contributed by atoms with E-state index in [-0.39, 0.29) is 6.42 Å². The van der Waals surface area contributed by atoms with E-state index >= 15 is 0 Å². The van der Waals surface area contributed by atoms with E-state index in [1.807, 2.05) is 0 Å². The van der Waals surface area contributed by atoms with E-state index in [0.717, 1.165) is 0 Å². The molecule has 0 aliphatic carbocycles. The van der Waals surface area contributed by atoms with Crippen molar-refractivity contribution in [3.63, 3.8) is 0 Å². The van der Waals surface area contributed by atoms with Gasteiger partial charge in [0.25, 0.3) is 0 Å². The Labute approximate surface area is 72.2 Å². The maximum atomic E-state index is 12.9. The van der Waals surface area contributed by atoms with Crippen molar-refractivity contribution in [2.45, 2.75) is 6.42 Å². The minimum Gasteiger partial charge on any atom is -0.505 e. The van der Waals surface area contributed by atoms with Crippen molar-refractivity contribution < 1.29 is 23.4 Å². The number of halogens is 3. The van der Waals surface area contributed by atoms with Gasteiger partial charge in [0, 0.05) is 24.7 Å². The molecule has 0 bridgehead atoms. The van der Waals surface area contributed by atoms with Gasteiger partial charge in [0.2, 0.25) is 0 Å². The van der Waals surface area contributed by atoms with Crippen LogP contribution in [-0.2, 0) is 6.42 Å². The monoisotopic (exact) mass is 192 g/mol. The van der Waals surface area contributed by atoms with Crippen LogP contribution < -0.4 is 0 Å². The van der Waals surface area contributed by atoms with E-state index < -0.39 is 35.4 Å². The third-order valence-corrected chi connectivity index (χ3v) is 1.59. The number of hydrogen-bond donors (Lipinski definition) is 2. The van der Waals surface area contributed by atoms with Crippen LogP contribution in [0.5, 0.6) is 5.75 Å². The molecule has 0 fully saturated rings. The molecular formula is C8H7F3O2. The van der Waals surface area contributed by atoms with Crippen molar-refractivity contribution >= 4 is 0 Å². The Hall–Kier alpha value is -1.23. The highest BCUT2D eigenvalue weighted by molar-refractivity contribution is 5.32. The van der Waals surface area contributed by atoms with Crippen LogP contribution in [0.3, 0.4) is 0 Å². The molecule has 0 atom stereocenters. The van der Waals surface area contributed by atoms with Gasteiger partial charge in [-0.15, -0.1) is 0 Å². The van der Waals surface area contributed by atoms with Crippen molar-refractivity contribution in [2.24, 2.45) is 0 Å². The van der Waals surface area contributed by atoms with Crippen LogP contribution in [0.1, 0.15) is 5.56 Å². The van der Waals surface area contributed by atoms with Gasteiger partial charge in [-0.25, -0.2) is 13.2 Å². The van der Waals surface area contributed by atoms with Crippen LogP contribution in [0.25, 0.3) is 0 Å². The summed E-state index contributed by atoms with van der Waals surface area (Å²) >= 11 is 0. The first-order chi connectivity index (χ1) is 6.07. The normalized spacial score (nSPS) is 10.5. The average Bonchev–Trinajstić information content (AvgIpc) is 2.09. The summed E-state index contributed by atoms with van der Waals surface area (Å²) in [6.45, 7) is -0.517. The molecule has 2 nitrogen and oxygen atoms in total. The molecule has 1 aromatic carbocycles. The highest BCUT2D eigenvalue weighted by Gasteiger charge is 2.17. The minimum atomic E-state index is -1.37. The van der Waals surface area contributed by atoms with Crippen LogP contribution in [0.2, 0.25) is 0 Å². The maximum Gasteiger partial charge on any atom is 0.171 e. The fourth-order valence-corrected chi connectivity index (χ4v) is 0.973. The molecule has 1 aromatic rings. The molecule has 1 rings (SSSR count). The highest BCUT2D eigenvalue weighted by Crippen LogP contribution is 2.24. The lowest BCUT2D eigenvalue weighted by molar-refractivity contribution is 0.293. The zero-order chi connectivity index (χ0) is 10.0. The standard InChI is InChI=1S/C8H7F3O2/c9-5-3-6(13)8(11)4(1-2-12)7(5)10/h3,12-13H,1-2H2. The van der Waals surface area contributed by atoms with Crippen molar-refractivity contribution in [3.8, 4) is 5.75 Å². The van der Waals surface area contributed by atoms with Gasteiger partial charge in [0.1, 0.15) is 0 Å². The van der Waals surface area contributed by atoms with E-state index in [4.69, 9.17) is 10.2 Å².